The molecule has 0 saturated carbocycles. The third-order valence-electron chi connectivity index (χ3n) is 4.36. The van der Waals surface area contributed by atoms with Crippen molar-refractivity contribution in [2.75, 3.05) is 26.6 Å². The largest absolute Gasteiger partial charge is 0.466 e. The van der Waals surface area contributed by atoms with Gasteiger partial charge in [-0.3, -0.25) is 14.5 Å². The number of carbonyl (C=O) groups excluding carboxylic acids is 2. The second-order valence-electron chi connectivity index (χ2n) is 6.59. The smallest absolute Gasteiger partial charge is 0.307 e. The molecule has 1 saturated heterocycles. The number of ether oxygens (including phenoxy) is 2. The zero-order valence-corrected chi connectivity index (χ0v) is 18.1. The lowest BCUT2D eigenvalue weighted by molar-refractivity contribution is -0.486. The monoisotopic (exact) mass is 456 g/mol. The molecule has 1 N–H and O–H groups in total. The van der Waals surface area contributed by atoms with Crippen LogP contribution in [0.2, 0.25) is 5.15 Å². The highest BCUT2D eigenvalue weighted by Gasteiger charge is 2.32. The van der Waals surface area contributed by atoms with Gasteiger partial charge in [-0.1, -0.05) is 17.7 Å². The van der Waals surface area contributed by atoms with E-state index in [0.717, 1.165) is 5.56 Å². The number of carbonyl (C=O) groups is 2. The lowest BCUT2D eigenvalue weighted by Gasteiger charge is -2.40. The first kappa shape index (κ1) is 24.3. The molecule has 2 rings (SSSR count). The number of rotatable bonds is 10. The van der Waals surface area contributed by atoms with Gasteiger partial charge >= 0.3 is 11.9 Å². The van der Waals surface area contributed by atoms with Gasteiger partial charge in [-0.25, -0.2) is 15.1 Å². The number of hydrogen-bond acceptors (Lipinski definition) is 8. The van der Waals surface area contributed by atoms with E-state index in [-0.39, 0.29) is 51.9 Å². The van der Waals surface area contributed by atoms with Gasteiger partial charge in [0.25, 0.3) is 5.96 Å². The molecule has 1 fully saturated rings. The summed E-state index contributed by atoms with van der Waals surface area (Å²) < 4.78 is 10.1. The molecule has 0 aliphatic carbocycles. The number of nitrogens with zero attached hydrogens (tertiary/aromatic N) is 5. The summed E-state index contributed by atoms with van der Waals surface area (Å²) in [5, 5.41) is 16.8. The summed E-state index contributed by atoms with van der Waals surface area (Å²) in [6.45, 7) is 4.39. The summed E-state index contributed by atoms with van der Waals surface area (Å²) in [4.78, 5) is 42.5. The molecule has 0 amide bonds. The molecule has 0 atom stereocenters. The van der Waals surface area contributed by atoms with Crippen LogP contribution < -0.4 is 5.32 Å². The SMILES string of the molecule is CCOC(=O)CC(CC(=O)OCC)N1CN/C(=N\[N+](=O)[O-])N(Cc2ccc(Cl)nc2)C1. The topological polar surface area (TPSA) is 140 Å². The lowest BCUT2D eigenvalue weighted by Crippen LogP contribution is -2.59. The molecule has 13 heteroatoms. The quantitative estimate of drug-likeness (QED) is 0.236. The third kappa shape index (κ3) is 7.98. The fourth-order valence-electron chi connectivity index (χ4n) is 3.04. The first-order valence-corrected chi connectivity index (χ1v) is 10.1. The zero-order chi connectivity index (χ0) is 22.8. The number of nitrogens with one attached hydrogen (secondary N) is 1. The first-order chi connectivity index (χ1) is 14.8. The number of halogens is 1. The lowest BCUT2D eigenvalue weighted by atomic mass is 10.1. The minimum absolute atomic E-state index is 0.0353. The van der Waals surface area contributed by atoms with Gasteiger partial charge in [0, 0.05) is 18.8 Å². The Morgan fingerprint density at radius 1 is 1.29 bits per heavy atom. The number of esters is 2. The van der Waals surface area contributed by atoms with Gasteiger partial charge in [-0.2, -0.15) is 0 Å². The molecule has 170 valence electrons. The molecule has 1 aliphatic rings. The molecule has 1 aromatic rings. The van der Waals surface area contributed by atoms with Crippen molar-refractivity contribution in [2.45, 2.75) is 39.3 Å². The molecule has 0 bridgehead atoms. The van der Waals surface area contributed by atoms with E-state index in [1.807, 2.05) is 0 Å². The van der Waals surface area contributed by atoms with Crippen molar-refractivity contribution >= 4 is 29.5 Å². The number of aromatic nitrogens is 1. The van der Waals surface area contributed by atoms with Gasteiger partial charge in [-0.05, 0) is 25.5 Å². The Bertz CT molecular complexity index is 785. The highest BCUT2D eigenvalue weighted by Crippen LogP contribution is 2.17. The van der Waals surface area contributed by atoms with E-state index in [9.17, 15) is 19.7 Å². The van der Waals surface area contributed by atoms with E-state index in [0.29, 0.717) is 5.15 Å². The van der Waals surface area contributed by atoms with E-state index in [1.165, 1.54) is 0 Å². The molecule has 0 radical (unpaired) electrons. The summed E-state index contributed by atoms with van der Waals surface area (Å²) in [5.74, 6) is -0.841. The molecule has 2 heterocycles. The molecule has 0 unspecified atom stereocenters. The van der Waals surface area contributed by atoms with Crippen molar-refractivity contribution in [1.29, 1.82) is 0 Å². The third-order valence-corrected chi connectivity index (χ3v) is 4.59. The average molecular weight is 457 g/mol. The van der Waals surface area contributed by atoms with Gasteiger partial charge in [0.15, 0.2) is 5.03 Å². The van der Waals surface area contributed by atoms with Gasteiger partial charge in [0.2, 0.25) is 0 Å². The zero-order valence-electron chi connectivity index (χ0n) is 17.3. The molecule has 31 heavy (non-hydrogen) atoms. The Labute approximate surface area is 184 Å². The first-order valence-electron chi connectivity index (χ1n) is 9.69. The molecule has 12 nitrogen and oxygen atoms in total. The molecule has 1 aliphatic heterocycles. The van der Waals surface area contributed by atoms with Crippen LogP contribution >= 0.6 is 11.6 Å². The molecule has 0 spiro atoms. The minimum Gasteiger partial charge on any atom is -0.466 e. The number of nitro groups is 1. The van der Waals surface area contributed by atoms with Crippen LogP contribution in [0.15, 0.2) is 23.4 Å². The van der Waals surface area contributed by atoms with Crippen LogP contribution in [0, 0.1) is 10.1 Å². The van der Waals surface area contributed by atoms with E-state index in [4.69, 9.17) is 21.1 Å². The van der Waals surface area contributed by atoms with Crippen LogP contribution in [0.1, 0.15) is 32.3 Å². The summed E-state index contributed by atoms with van der Waals surface area (Å²) in [6.07, 6.45) is 1.48. The van der Waals surface area contributed by atoms with Gasteiger partial charge in [0.05, 0.1) is 39.4 Å². The number of hydrogen-bond donors (Lipinski definition) is 1. The van der Waals surface area contributed by atoms with Crippen LogP contribution in [-0.4, -0.2) is 70.3 Å². The minimum atomic E-state index is -0.792. The Morgan fingerprint density at radius 3 is 2.45 bits per heavy atom. The fourth-order valence-corrected chi connectivity index (χ4v) is 3.15. The predicted molar refractivity (Wildman–Crippen MR) is 110 cm³/mol. The normalized spacial score (nSPS) is 15.6. The average Bonchev–Trinajstić information content (AvgIpc) is 2.70. The Balaban J connectivity index is 2.21. The van der Waals surface area contributed by atoms with Crippen LogP contribution in [-0.2, 0) is 25.6 Å². The second kappa shape index (κ2) is 12.0. The summed E-state index contributed by atoms with van der Waals surface area (Å²) >= 11 is 5.82. The van der Waals surface area contributed by atoms with Crippen molar-refractivity contribution in [1.82, 2.24) is 20.1 Å². The van der Waals surface area contributed by atoms with Crippen LogP contribution in [0.25, 0.3) is 0 Å². The fraction of sp³-hybridized carbons (Fsp3) is 0.556. The summed E-state index contributed by atoms with van der Waals surface area (Å²) in [7, 11) is 0. The number of pyridine rings is 1. The highest BCUT2D eigenvalue weighted by molar-refractivity contribution is 6.29. The summed E-state index contributed by atoms with van der Waals surface area (Å²) in [6, 6.07) is 2.82. The molecular formula is C18H25ClN6O6. The molecular weight excluding hydrogens is 432 g/mol. The van der Waals surface area contributed by atoms with E-state index in [1.54, 1.807) is 42.0 Å². The van der Waals surface area contributed by atoms with Gasteiger partial charge in [-0.15, -0.1) is 0 Å². The van der Waals surface area contributed by atoms with Crippen molar-refractivity contribution in [3.63, 3.8) is 0 Å². The molecule has 1 aromatic heterocycles. The molecule has 0 aromatic carbocycles. The van der Waals surface area contributed by atoms with Gasteiger partial charge in [0.1, 0.15) is 10.3 Å². The Kier molecular flexibility index (Phi) is 9.40. The Hall–Kier alpha value is -2.99. The summed E-state index contributed by atoms with van der Waals surface area (Å²) in [5.41, 5.74) is 0.747. The van der Waals surface area contributed by atoms with Crippen molar-refractivity contribution < 1.29 is 24.1 Å². The maximum absolute atomic E-state index is 12.1. The van der Waals surface area contributed by atoms with E-state index >= 15 is 0 Å². The second-order valence-corrected chi connectivity index (χ2v) is 6.97. The number of hydrazone groups is 1. The van der Waals surface area contributed by atoms with Crippen LogP contribution in [0.4, 0.5) is 0 Å². The number of guanidine groups is 1. The van der Waals surface area contributed by atoms with Gasteiger partial charge < -0.3 is 19.7 Å². The van der Waals surface area contributed by atoms with E-state index in [2.05, 4.69) is 15.4 Å². The van der Waals surface area contributed by atoms with E-state index < -0.39 is 23.0 Å². The maximum atomic E-state index is 12.1. The van der Waals surface area contributed by atoms with Crippen LogP contribution in [0.5, 0.6) is 0 Å². The standard InChI is InChI=1S/C18H25ClN6O6/c1-3-30-16(26)7-14(8-17(27)31-4-2)24-11-21-18(22-25(28)29)23(12-24)10-13-5-6-15(19)20-9-13/h5-6,9,14H,3-4,7-8,10-12H2,1-2H3,(H,21,22). The maximum Gasteiger partial charge on any atom is 0.307 e. The van der Waals surface area contributed by atoms with Crippen molar-refractivity contribution in [3.8, 4) is 0 Å². The van der Waals surface area contributed by atoms with Crippen LogP contribution in [0.3, 0.4) is 0 Å². The van der Waals surface area contributed by atoms with Crippen molar-refractivity contribution in [3.05, 3.63) is 39.2 Å². The highest BCUT2D eigenvalue weighted by atomic mass is 35.5. The Morgan fingerprint density at radius 2 is 1.94 bits per heavy atom. The predicted octanol–water partition coefficient (Wildman–Crippen LogP) is 1.18. The van der Waals surface area contributed by atoms with Crippen molar-refractivity contribution in [2.24, 2.45) is 5.10 Å².